The second kappa shape index (κ2) is 16.1. The van der Waals surface area contributed by atoms with Gasteiger partial charge in [0.1, 0.15) is 0 Å². The number of fused-ring (bicyclic) bond motifs is 3. The van der Waals surface area contributed by atoms with E-state index in [-0.39, 0.29) is 0 Å². The molecule has 0 saturated carbocycles. The van der Waals surface area contributed by atoms with Gasteiger partial charge in [-0.1, -0.05) is 218 Å². The van der Waals surface area contributed by atoms with Crippen molar-refractivity contribution in [2.24, 2.45) is 0 Å². The summed E-state index contributed by atoms with van der Waals surface area (Å²) in [4.78, 5) is 15.8. The molecule has 0 fully saturated rings. The molecular formula is C59H39N3. The number of benzene rings is 9. The van der Waals surface area contributed by atoms with Crippen LogP contribution in [-0.4, -0.2) is 15.0 Å². The Morgan fingerprint density at radius 1 is 0.226 bits per heavy atom. The Balaban J connectivity index is 1.02. The first-order chi connectivity index (χ1) is 30.7. The monoisotopic (exact) mass is 789 g/mol. The molecule has 0 unspecified atom stereocenters. The fourth-order valence-corrected chi connectivity index (χ4v) is 8.54. The number of pyridine rings is 1. The predicted molar refractivity (Wildman–Crippen MR) is 258 cm³/mol. The van der Waals surface area contributed by atoms with Gasteiger partial charge < -0.3 is 0 Å². The molecule has 62 heavy (non-hydrogen) atoms. The highest BCUT2D eigenvalue weighted by atomic mass is 14.9. The maximum Gasteiger partial charge on any atom is 0.160 e. The van der Waals surface area contributed by atoms with Gasteiger partial charge in [-0.25, -0.2) is 15.0 Å². The van der Waals surface area contributed by atoms with Gasteiger partial charge in [0.15, 0.2) is 5.82 Å². The summed E-state index contributed by atoms with van der Waals surface area (Å²) in [7, 11) is 0. The van der Waals surface area contributed by atoms with E-state index < -0.39 is 0 Å². The molecule has 2 heterocycles. The minimum Gasteiger partial charge on any atom is -0.248 e. The zero-order valence-corrected chi connectivity index (χ0v) is 33.9. The second-order valence-electron chi connectivity index (χ2n) is 15.6. The Morgan fingerprint density at radius 3 is 1.11 bits per heavy atom. The lowest BCUT2D eigenvalue weighted by molar-refractivity contribution is 1.18. The van der Waals surface area contributed by atoms with E-state index >= 15 is 0 Å². The summed E-state index contributed by atoms with van der Waals surface area (Å²) in [5.74, 6) is 0.674. The zero-order chi connectivity index (χ0) is 41.2. The average Bonchev–Trinajstić information content (AvgIpc) is 3.37. The Hall–Kier alpha value is -8.27. The number of hydrogen-bond acceptors (Lipinski definition) is 3. The average molecular weight is 790 g/mol. The minimum atomic E-state index is 0.674. The first-order valence-corrected chi connectivity index (χ1v) is 21.0. The first-order valence-electron chi connectivity index (χ1n) is 21.0. The molecule has 11 aromatic rings. The van der Waals surface area contributed by atoms with Crippen LogP contribution in [0.5, 0.6) is 0 Å². The van der Waals surface area contributed by atoms with Crippen molar-refractivity contribution in [2.45, 2.75) is 0 Å². The highest BCUT2D eigenvalue weighted by molar-refractivity contribution is 6.18. The van der Waals surface area contributed by atoms with Crippen molar-refractivity contribution in [3.63, 3.8) is 0 Å². The van der Waals surface area contributed by atoms with Crippen LogP contribution in [0.25, 0.3) is 111 Å². The van der Waals surface area contributed by atoms with Gasteiger partial charge in [0.2, 0.25) is 0 Å². The van der Waals surface area contributed by atoms with Gasteiger partial charge in [-0.3, -0.25) is 0 Å². The van der Waals surface area contributed by atoms with E-state index in [4.69, 9.17) is 15.0 Å². The summed E-state index contributed by atoms with van der Waals surface area (Å²) in [6, 6.07) is 83.4. The van der Waals surface area contributed by atoms with Crippen LogP contribution in [0.1, 0.15) is 0 Å². The second-order valence-corrected chi connectivity index (χ2v) is 15.6. The lowest BCUT2D eigenvalue weighted by Gasteiger charge is -2.16. The Bertz CT molecular complexity index is 3230. The molecular weight excluding hydrogens is 751 g/mol. The molecule has 3 heteroatoms. The molecule has 11 rings (SSSR count). The summed E-state index contributed by atoms with van der Waals surface area (Å²) in [5.41, 5.74) is 17.0. The van der Waals surface area contributed by atoms with Crippen molar-refractivity contribution < 1.29 is 0 Å². The number of nitrogens with zero attached hydrogens (tertiary/aromatic N) is 3. The molecule has 0 aliphatic rings. The SMILES string of the molecule is c1ccc(-c2ccc(-c3cc(-c4ccc(-c5ccccc5)cc4)nc(-c4ccc(-c5cc6nc(-c7ccccc7)cc(-c7ccccc7)c6c6ccccc56)cc4)n3)cc2)cc1. The van der Waals surface area contributed by atoms with E-state index in [0.29, 0.717) is 5.82 Å². The Labute approximate surface area is 361 Å². The van der Waals surface area contributed by atoms with Gasteiger partial charge in [0.25, 0.3) is 0 Å². The summed E-state index contributed by atoms with van der Waals surface area (Å²) in [6.07, 6.45) is 0. The van der Waals surface area contributed by atoms with E-state index in [1.807, 2.05) is 18.2 Å². The third-order valence-electron chi connectivity index (χ3n) is 11.7. The number of aromatic nitrogens is 3. The Kier molecular flexibility index (Phi) is 9.53. The molecule has 3 nitrogen and oxygen atoms in total. The number of hydrogen-bond donors (Lipinski definition) is 0. The van der Waals surface area contributed by atoms with Crippen LogP contribution in [0.2, 0.25) is 0 Å². The highest BCUT2D eigenvalue weighted by Gasteiger charge is 2.17. The molecule has 0 amide bonds. The van der Waals surface area contributed by atoms with Crippen LogP contribution < -0.4 is 0 Å². The van der Waals surface area contributed by atoms with Gasteiger partial charge in [0, 0.05) is 27.6 Å². The highest BCUT2D eigenvalue weighted by Crippen LogP contribution is 2.41. The van der Waals surface area contributed by atoms with E-state index in [9.17, 15) is 0 Å². The standard InChI is InChI=1S/C59H39N3/c1-5-15-40(16-6-1)42-25-31-47(32-26-42)55-39-56(48-33-27-43(28-34-48)41-17-7-2-8-18-41)62-59(61-55)49-35-29-45(30-36-49)52-37-57-58(51-24-14-13-23-50(51)52)53(44-19-9-3-10-20-44)38-54(60-57)46-21-11-4-12-22-46/h1-39H. The van der Waals surface area contributed by atoms with Crippen LogP contribution >= 0.6 is 0 Å². The summed E-state index contributed by atoms with van der Waals surface area (Å²) in [6.45, 7) is 0. The fraction of sp³-hybridized carbons (Fsp3) is 0. The van der Waals surface area contributed by atoms with Crippen molar-refractivity contribution in [3.8, 4) is 89.7 Å². The molecule has 0 atom stereocenters. The molecule has 0 radical (unpaired) electrons. The summed E-state index contributed by atoms with van der Waals surface area (Å²) >= 11 is 0. The Morgan fingerprint density at radius 2 is 0.581 bits per heavy atom. The van der Waals surface area contributed by atoms with Crippen LogP contribution in [0.15, 0.2) is 237 Å². The van der Waals surface area contributed by atoms with Crippen molar-refractivity contribution in [2.75, 3.05) is 0 Å². The van der Waals surface area contributed by atoms with Crippen LogP contribution in [0, 0.1) is 0 Å². The van der Waals surface area contributed by atoms with Crippen LogP contribution in [0.3, 0.4) is 0 Å². The molecule has 0 aliphatic carbocycles. The van der Waals surface area contributed by atoms with Gasteiger partial charge in [0.05, 0.1) is 22.6 Å². The van der Waals surface area contributed by atoms with Crippen molar-refractivity contribution in [1.29, 1.82) is 0 Å². The van der Waals surface area contributed by atoms with E-state index in [1.54, 1.807) is 0 Å². The lowest BCUT2D eigenvalue weighted by atomic mass is 9.90. The largest absolute Gasteiger partial charge is 0.248 e. The molecule has 0 saturated heterocycles. The van der Waals surface area contributed by atoms with E-state index in [2.05, 4.69) is 218 Å². The molecule has 0 spiro atoms. The number of rotatable bonds is 8. The van der Waals surface area contributed by atoms with Gasteiger partial charge in [-0.15, -0.1) is 0 Å². The quantitative estimate of drug-likeness (QED) is 0.144. The molecule has 290 valence electrons. The molecule has 9 aromatic carbocycles. The van der Waals surface area contributed by atoms with Gasteiger partial charge in [-0.2, -0.15) is 0 Å². The zero-order valence-electron chi connectivity index (χ0n) is 33.9. The molecule has 0 N–H and O–H groups in total. The van der Waals surface area contributed by atoms with E-state index in [1.165, 1.54) is 44.2 Å². The maximum atomic E-state index is 5.34. The topological polar surface area (TPSA) is 38.7 Å². The smallest absolute Gasteiger partial charge is 0.160 e. The molecule has 2 aromatic heterocycles. The molecule has 0 aliphatic heterocycles. The predicted octanol–water partition coefficient (Wildman–Crippen LogP) is 15.5. The normalized spacial score (nSPS) is 11.2. The summed E-state index contributed by atoms with van der Waals surface area (Å²) in [5, 5.41) is 3.50. The maximum absolute atomic E-state index is 5.34. The fourth-order valence-electron chi connectivity index (χ4n) is 8.54. The van der Waals surface area contributed by atoms with Gasteiger partial charge >= 0.3 is 0 Å². The van der Waals surface area contributed by atoms with E-state index in [0.717, 1.165) is 61.4 Å². The van der Waals surface area contributed by atoms with Gasteiger partial charge in [-0.05, 0) is 73.5 Å². The van der Waals surface area contributed by atoms with Crippen molar-refractivity contribution in [1.82, 2.24) is 15.0 Å². The van der Waals surface area contributed by atoms with Crippen LogP contribution in [0.4, 0.5) is 0 Å². The third kappa shape index (κ3) is 7.12. The third-order valence-corrected chi connectivity index (χ3v) is 11.7. The minimum absolute atomic E-state index is 0.674. The molecule has 0 bridgehead atoms. The van der Waals surface area contributed by atoms with Crippen molar-refractivity contribution in [3.05, 3.63) is 237 Å². The van der Waals surface area contributed by atoms with Crippen LogP contribution in [-0.2, 0) is 0 Å². The van der Waals surface area contributed by atoms with Crippen molar-refractivity contribution >= 4 is 21.7 Å². The summed E-state index contributed by atoms with van der Waals surface area (Å²) < 4.78 is 0. The lowest BCUT2D eigenvalue weighted by Crippen LogP contribution is -1.96. The first kappa shape index (κ1) is 36.8.